The molecule has 0 fully saturated rings. The minimum atomic E-state index is -4.96. The average molecular weight is 274 g/mol. The lowest BCUT2D eigenvalue weighted by atomic mass is 10.00. The molecule has 1 aromatic rings. The fourth-order valence-electron chi connectivity index (χ4n) is 1.74. The van der Waals surface area contributed by atoms with Crippen LogP contribution in [0.25, 0.3) is 0 Å². The molecule has 0 saturated heterocycles. The Balaban J connectivity index is 4.02. The van der Waals surface area contributed by atoms with Crippen LogP contribution in [0.3, 0.4) is 0 Å². The van der Waals surface area contributed by atoms with Gasteiger partial charge in [-0.25, -0.2) is 9.59 Å². The Bertz CT molecular complexity index is 604. The van der Waals surface area contributed by atoms with Crippen molar-refractivity contribution in [3.8, 4) is 0 Å². The summed E-state index contributed by atoms with van der Waals surface area (Å²) in [5, 5.41) is 17.9. The fraction of sp³-hybridized carbons (Fsp3) is 0.200. The third-order valence-electron chi connectivity index (χ3n) is 2.36. The molecule has 0 aromatic heterocycles. The second kappa shape index (κ2) is 4.39. The van der Waals surface area contributed by atoms with Crippen molar-refractivity contribution in [3.63, 3.8) is 0 Å². The third kappa shape index (κ3) is 2.34. The van der Waals surface area contributed by atoms with E-state index in [-0.39, 0.29) is 11.1 Å². The molecule has 98 valence electrons. The Kier molecular flexibility index (Phi) is 3.45. The second-order valence-corrected chi connectivity index (χ2v) is 5.03. The molecule has 1 rings (SSSR count). The molecule has 0 saturated carbocycles. The van der Waals surface area contributed by atoms with Crippen molar-refractivity contribution in [2.45, 2.75) is 18.7 Å². The summed E-state index contributed by atoms with van der Waals surface area (Å²) in [6, 6.07) is 1.24. The van der Waals surface area contributed by atoms with Gasteiger partial charge in [-0.15, -0.1) is 0 Å². The van der Waals surface area contributed by atoms with Gasteiger partial charge in [-0.1, -0.05) is 6.07 Å². The summed E-state index contributed by atoms with van der Waals surface area (Å²) in [7, 11) is -4.96. The predicted octanol–water partition coefficient (Wildman–Crippen LogP) is 0.947. The zero-order chi connectivity index (χ0) is 14.2. The van der Waals surface area contributed by atoms with Crippen molar-refractivity contribution in [2.24, 2.45) is 0 Å². The van der Waals surface area contributed by atoms with Gasteiger partial charge in [-0.2, -0.15) is 8.42 Å². The lowest BCUT2D eigenvalue weighted by Gasteiger charge is -2.12. The molecule has 8 heteroatoms. The monoisotopic (exact) mass is 274 g/mol. The van der Waals surface area contributed by atoms with Gasteiger partial charge in [0, 0.05) is 0 Å². The van der Waals surface area contributed by atoms with Gasteiger partial charge in [0.2, 0.25) is 0 Å². The number of carboxylic acid groups (broad SMARTS) is 2. The van der Waals surface area contributed by atoms with E-state index in [0.29, 0.717) is 0 Å². The highest BCUT2D eigenvalue weighted by Crippen LogP contribution is 2.27. The molecule has 0 unspecified atom stereocenters. The normalized spacial score (nSPS) is 11.3. The topological polar surface area (TPSA) is 129 Å². The number of rotatable bonds is 3. The Morgan fingerprint density at radius 3 is 1.56 bits per heavy atom. The highest BCUT2D eigenvalue weighted by atomic mass is 32.2. The molecular weight excluding hydrogens is 264 g/mol. The van der Waals surface area contributed by atoms with Crippen molar-refractivity contribution in [3.05, 3.63) is 28.3 Å². The van der Waals surface area contributed by atoms with Crippen molar-refractivity contribution in [1.82, 2.24) is 0 Å². The van der Waals surface area contributed by atoms with Crippen LogP contribution in [0, 0.1) is 13.8 Å². The van der Waals surface area contributed by atoms with E-state index in [2.05, 4.69) is 0 Å². The van der Waals surface area contributed by atoms with Gasteiger partial charge in [-0.05, 0) is 25.0 Å². The van der Waals surface area contributed by atoms with E-state index in [1.165, 1.54) is 19.9 Å². The highest BCUT2D eigenvalue weighted by Gasteiger charge is 2.30. The van der Waals surface area contributed by atoms with Crippen LogP contribution < -0.4 is 0 Å². The van der Waals surface area contributed by atoms with E-state index < -0.39 is 38.1 Å². The number of benzene rings is 1. The molecule has 18 heavy (non-hydrogen) atoms. The summed E-state index contributed by atoms with van der Waals surface area (Å²) < 4.78 is 31.5. The van der Waals surface area contributed by atoms with Crippen molar-refractivity contribution < 1.29 is 32.8 Å². The Morgan fingerprint density at radius 1 is 1.00 bits per heavy atom. The first-order chi connectivity index (χ1) is 8.07. The summed E-state index contributed by atoms with van der Waals surface area (Å²) in [6.07, 6.45) is 0. The van der Waals surface area contributed by atoms with Crippen molar-refractivity contribution in [1.29, 1.82) is 0 Å². The van der Waals surface area contributed by atoms with E-state index in [4.69, 9.17) is 14.8 Å². The van der Waals surface area contributed by atoms with Crippen LogP contribution in [-0.2, 0) is 10.1 Å². The number of carbonyl (C=O) groups is 2. The number of aromatic carboxylic acids is 2. The van der Waals surface area contributed by atoms with Gasteiger partial charge in [0.15, 0.2) is 0 Å². The molecule has 0 atom stereocenters. The molecular formula is C10H10O7S. The zero-order valence-electron chi connectivity index (χ0n) is 9.46. The maximum Gasteiger partial charge on any atom is 0.337 e. The van der Waals surface area contributed by atoms with E-state index in [0.717, 1.165) is 0 Å². The molecule has 0 heterocycles. The largest absolute Gasteiger partial charge is 0.478 e. The van der Waals surface area contributed by atoms with Gasteiger partial charge >= 0.3 is 11.9 Å². The molecule has 0 bridgehead atoms. The summed E-state index contributed by atoms with van der Waals surface area (Å²) >= 11 is 0. The second-order valence-electron chi connectivity index (χ2n) is 3.67. The lowest BCUT2D eigenvalue weighted by molar-refractivity contribution is 0.0687. The van der Waals surface area contributed by atoms with E-state index in [1.807, 2.05) is 0 Å². The van der Waals surface area contributed by atoms with E-state index >= 15 is 0 Å². The zero-order valence-corrected chi connectivity index (χ0v) is 10.3. The molecule has 0 aliphatic heterocycles. The van der Waals surface area contributed by atoms with Crippen LogP contribution in [0.5, 0.6) is 0 Å². The smallest absolute Gasteiger partial charge is 0.337 e. The number of aryl methyl sites for hydroxylation is 2. The van der Waals surface area contributed by atoms with Crippen LogP contribution >= 0.6 is 0 Å². The SMILES string of the molecule is Cc1cc(C)c(C(=O)O)c(S(=O)(=O)O)c1C(=O)O. The molecule has 0 radical (unpaired) electrons. The summed E-state index contributed by atoms with van der Waals surface area (Å²) in [5.41, 5.74) is -1.36. The fourth-order valence-corrected chi connectivity index (χ4v) is 2.75. The van der Waals surface area contributed by atoms with Gasteiger partial charge in [0.1, 0.15) is 4.90 Å². The van der Waals surface area contributed by atoms with Gasteiger partial charge < -0.3 is 10.2 Å². The molecule has 0 aliphatic carbocycles. The molecule has 0 aliphatic rings. The van der Waals surface area contributed by atoms with Gasteiger partial charge in [-0.3, -0.25) is 4.55 Å². The molecule has 7 nitrogen and oxygen atoms in total. The minimum Gasteiger partial charge on any atom is -0.478 e. The first-order valence-electron chi connectivity index (χ1n) is 4.65. The minimum absolute atomic E-state index is 0.0534. The Labute approximate surface area is 102 Å². The van der Waals surface area contributed by atoms with Crippen LogP contribution in [0.4, 0.5) is 0 Å². The maximum absolute atomic E-state index is 11.2. The standard InChI is InChI=1S/C10H10O7S/c1-4-3-5(2)7(10(13)14)8(18(15,16)17)6(4)9(11)12/h3H,1-2H3,(H,11,12)(H,13,14)(H,15,16,17). The lowest BCUT2D eigenvalue weighted by Crippen LogP contribution is -2.17. The van der Waals surface area contributed by atoms with Gasteiger partial charge in [0.05, 0.1) is 11.1 Å². The first kappa shape index (κ1) is 14.1. The van der Waals surface area contributed by atoms with Crippen LogP contribution in [0.1, 0.15) is 31.8 Å². The predicted molar refractivity (Wildman–Crippen MR) is 59.6 cm³/mol. The van der Waals surface area contributed by atoms with E-state index in [9.17, 15) is 18.0 Å². The van der Waals surface area contributed by atoms with Crippen LogP contribution in [0.2, 0.25) is 0 Å². The van der Waals surface area contributed by atoms with Crippen molar-refractivity contribution in [2.75, 3.05) is 0 Å². The van der Waals surface area contributed by atoms with Crippen LogP contribution in [-0.4, -0.2) is 35.1 Å². The van der Waals surface area contributed by atoms with Gasteiger partial charge in [0.25, 0.3) is 10.1 Å². The molecule has 1 aromatic carbocycles. The first-order valence-corrected chi connectivity index (χ1v) is 6.09. The average Bonchev–Trinajstić information content (AvgIpc) is 2.13. The summed E-state index contributed by atoms with van der Waals surface area (Å²) in [5.74, 6) is -3.25. The Morgan fingerprint density at radius 2 is 1.33 bits per heavy atom. The number of hydrogen-bond acceptors (Lipinski definition) is 4. The number of carboxylic acids is 2. The summed E-state index contributed by atoms with van der Waals surface area (Å²) in [6.45, 7) is 2.63. The molecule has 3 N–H and O–H groups in total. The van der Waals surface area contributed by atoms with E-state index in [1.54, 1.807) is 0 Å². The van der Waals surface area contributed by atoms with Crippen LogP contribution in [0.15, 0.2) is 11.0 Å². The number of hydrogen-bond donors (Lipinski definition) is 3. The summed E-state index contributed by atoms with van der Waals surface area (Å²) in [4.78, 5) is 20.9. The van der Waals surface area contributed by atoms with Crippen molar-refractivity contribution >= 4 is 22.1 Å². The molecule has 0 amide bonds. The highest BCUT2D eigenvalue weighted by molar-refractivity contribution is 7.86. The maximum atomic E-state index is 11.2. The molecule has 0 spiro atoms. The third-order valence-corrected chi connectivity index (χ3v) is 3.29. The Hall–Kier alpha value is -1.93. The quantitative estimate of drug-likeness (QED) is 0.699.